The molecule has 0 fully saturated rings. The summed E-state index contributed by atoms with van der Waals surface area (Å²) in [5.41, 5.74) is 6.33. The van der Waals surface area contributed by atoms with Gasteiger partial charge in [-0.15, -0.1) is 0 Å². The van der Waals surface area contributed by atoms with Gasteiger partial charge in [-0.2, -0.15) is 15.8 Å². The normalized spacial score (nSPS) is 14.4. The number of amides is 2. The Morgan fingerprint density at radius 3 is 1.96 bits per heavy atom. The van der Waals surface area contributed by atoms with Gasteiger partial charge in [0, 0.05) is 11.3 Å². The molecule has 0 bridgehead atoms. The van der Waals surface area contributed by atoms with Crippen molar-refractivity contribution in [3.05, 3.63) is 58.4 Å². The molecule has 0 aliphatic carbocycles. The molecule has 1 unspecified atom stereocenters. The number of hydrogen-bond acceptors (Lipinski definition) is 7. The number of nitriles is 3. The van der Waals surface area contributed by atoms with Crippen LogP contribution in [0.2, 0.25) is 0 Å². The van der Waals surface area contributed by atoms with Crippen LogP contribution in [0.25, 0.3) is 6.08 Å². The van der Waals surface area contributed by atoms with E-state index < -0.39 is 17.6 Å². The Morgan fingerprint density at radius 2 is 1.44 bits per heavy atom. The molecule has 9 nitrogen and oxygen atoms in total. The summed E-state index contributed by atoms with van der Waals surface area (Å²) >= 11 is 0. The zero-order valence-corrected chi connectivity index (χ0v) is 27.1. The number of carbonyl (C=O) groups excluding carboxylic acids is 2. The smallest absolute Gasteiger partial charge is 0.242 e. The first-order valence-corrected chi connectivity index (χ1v) is 16.2. The van der Waals surface area contributed by atoms with E-state index in [0.29, 0.717) is 17.8 Å². The molecule has 1 atom stereocenters. The fourth-order valence-electron chi connectivity index (χ4n) is 5.27. The third kappa shape index (κ3) is 12.6. The van der Waals surface area contributed by atoms with Gasteiger partial charge in [0.2, 0.25) is 11.8 Å². The minimum atomic E-state index is -0.903. The molecule has 240 valence electrons. The first-order chi connectivity index (χ1) is 21.7. The number of nitrogens with zero attached hydrogens (tertiary/aromatic N) is 3. The van der Waals surface area contributed by atoms with E-state index in [4.69, 9.17) is 10.5 Å². The highest BCUT2D eigenvalue weighted by molar-refractivity contribution is 5.97. The van der Waals surface area contributed by atoms with Crippen LogP contribution >= 0.6 is 0 Å². The number of allylic oxidation sites excluding steroid dienone is 2. The van der Waals surface area contributed by atoms with E-state index >= 15 is 0 Å². The van der Waals surface area contributed by atoms with E-state index in [9.17, 15) is 25.4 Å². The van der Waals surface area contributed by atoms with Gasteiger partial charge in [-0.1, -0.05) is 102 Å². The monoisotopic (exact) mass is 612 g/mol. The standard InChI is InChI=1S/C36H48N6O3/c1-4-5-6-7-8-9-10-11-12-13-14-15-22-41-32(23-33(40)43)35(44)42-29-19-16-27(17-20-29)18-21-31-30(26-39)34(28(24-37)25-38)45-36(31,2)3/h16-21,32,41H,4-15,22-23H2,1-3H3,(H2,40,43)(H,42,44). The Morgan fingerprint density at radius 1 is 0.889 bits per heavy atom. The summed E-state index contributed by atoms with van der Waals surface area (Å²) in [6.45, 7) is 6.40. The molecular formula is C36H48N6O3. The van der Waals surface area contributed by atoms with Crippen molar-refractivity contribution in [3.63, 3.8) is 0 Å². The van der Waals surface area contributed by atoms with Gasteiger partial charge in [0.05, 0.1) is 12.5 Å². The number of carbonyl (C=O) groups is 2. The SMILES string of the molecule is CCCCCCCCCCCCCCNC(CC(N)=O)C(=O)Nc1ccc(C=CC2=C(C#N)C(=C(C#N)C#N)OC2(C)C)cc1. The second-order valence-electron chi connectivity index (χ2n) is 12.0. The number of ether oxygens (including phenoxy) is 1. The Bertz CT molecular complexity index is 1340. The maximum absolute atomic E-state index is 13.0. The van der Waals surface area contributed by atoms with E-state index in [2.05, 4.69) is 23.6 Å². The number of benzene rings is 1. The lowest BCUT2D eigenvalue weighted by molar-refractivity contribution is -0.124. The van der Waals surface area contributed by atoms with E-state index in [1.807, 2.05) is 0 Å². The zero-order valence-electron chi connectivity index (χ0n) is 27.1. The molecule has 0 saturated carbocycles. The predicted molar refractivity (Wildman–Crippen MR) is 177 cm³/mol. The van der Waals surface area contributed by atoms with Crippen molar-refractivity contribution in [1.82, 2.24) is 5.32 Å². The van der Waals surface area contributed by atoms with Gasteiger partial charge in [-0.05, 0) is 44.5 Å². The number of rotatable bonds is 20. The van der Waals surface area contributed by atoms with Crippen molar-refractivity contribution in [2.45, 2.75) is 116 Å². The van der Waals surface area contributed by atoms with Crippen molar-refractivity contribution in [1.29, 1.82) is 15.8 Å². The summed E-state index contributed by atoms with van der Waals surface area (Å²) in [7, 11) is 0. The van der Waals surface area contributed by atoms with Crippen LogP contribution < -0.4 is 16.4 Å². The fourth-order valence-corrected chi connectivity index (χ4v) is 5.27. The molecule has 1 aliphatic rings. The summed E-state index contributed by atoms with van der Waals surface area (Å²) in [6, 6.07) is 12.0. The average Bonchev–Trinajstić information content (AvgIpc) is 3.27. The van der Waals surface area contributed by atoms with E-state index in [-0.39, 0.29) is 29.2 Å². The van der Waals surface area contributed by atoms with Crippen LogP contribution in [0, 0.1) is 34.0 Å². The minimum Gasteiger partial charge on any atom is -0.480 e. The molecule has 1 aromatic carbocycles. The molecule has 1 heterocycles. The average molecular weight is 613 g/mol. The molecule has 0 saturated heterocycles. The number of unbranched alkanes of at least 4 members (excludes halogenated alkanes) is 11. The van der Waals surface area contributed by atoms with Gasteiger partial charge < -0.3 is 21.1 Å². The third-order valence-corrected chi connectivity index (χ3v) is 7.83. The largest absolute Gasteiger partial charge is 0.480 e. The van der Waals surface area contributed by atoms with Gasteiger partial charge in [0.25, 0.3) is 0 Å². The van der Waals surface area contributed by atoms with E-state index in [1.54, 1.807) is 62.4 Å². The van der Waals surface area contributed by atoms with E-state index in [1.165, 1.54) is 64.2 Å². The van der Waals surface area contributed by atoms with Crippen LogP contribution in [0.5, 0.6) is 0 Å². The molecule has 2 amide bonds. The lowest BCUT2D eigenvalue weighted by Gasteiger charge is -2.20. The summed E-state index contributed by atoms with van der Waals surface area (Å²) in [5.74, 6) is -0.879. The molecule has 4 N–H and O–H groups in total. The van der Waals surface area contributed by atoms with Crippen LogP contribution in [0.1, 0.15) is 110 Å². The summed E-state index contributed by atoms with van der Waals surface area (Å²) in [4.78, 5) is 24.6. The van der Waals surface area contributed by atoms with Gasteiger partial charge >= 0.3 is 0 Å². The lowest BCUT2D eigenvalue weighted by atomic mass is 9.94. The predicted octanol–water partition coefficient (Wildman–Crippen LogP) is 7.10. The molecule has 0 spiro atoms. The Kier molecular flexibility index (Phi) is 16.2. The minimum absolute atomic E-state index is 0.0110. The Labute approximate surface area is 268 Å². The highest BCUT2D eigenvalue weighted by atomic mass is 16.5. The highest BCUT2D eigenvalue weighted by Gasteiger charge is 2.38. The number of nitrogens with two attached hydrogens (primary N) is 1. The van der Waals surface area contributed by atoms with Gasteiger partial charge in [-0.25, -0.2) is 0 Å². The quantitative estimate of drug-likeness (QED) is 0.104. The van der Waals surface area contributed by atoms with Crippen molar-refractivity contribution in [2.24, 2.45) is 5.73 Å². The summed E-state index contributed by atoms with van der Waals surface area (Å²) < 4.78 is 5.79. The van der Waals surface area contributed by atoms with Crippen LogP contribution in [0.3, 0.4) is 0 Å². The lowest BCUT2D eigenvalue weighted by Crippen LogP contribution is -2.43. The first kappa shape index (κ1) is 36.8. The van der Waals surface area contributed by atoms with Crippen LogP contribution in [-0.2, 0) is 14.3 Å². The van der Waals surface area contributed by atoms with Gasteiger partial charge in [-0.3, -0.25) is 9.59 Å². The molecule has 1 aromatic rings. The van der Waals surface area contributed by atoms with Crippen molar-refractivity contribution < 1.29 is 14.3 Å². The summed E-state index contributed by atoms with van der Waals surface area (Å²) in [5, 5.41) is 34.2. The Hall–Kier alpha value is -4.39. The fraction of sp³-hybridized carbons (Fsp3) is 0.528. The van der Waals surface area contributed by atoms with Gasteiger partial charge in [0.15, 0.2) is 11.3 Å². The van der Waals surface area contributed by atoms with Crippen molar-refractivity contribution >= 4 is 23.6 Å². The molecule has 2 rings (SSSR count). The van der Waals surface area contributed by atoms with Crippen LogP contribution in [0.15, 0.2) is 52.8 Å². The topological polar surface area (TPSA) is 165 Å². The molecule has 0 radical (unpaired) electrons. The van der Waals surface area contributed by atoms with Crippen LogP contribution in [-0.4, -0.2) is 30.0 Å². The maximum atomic E-state index is 13.0. The highest BCUT2D eigenvalue weighted by Crippen LogP contribution is 2.40. The van der Waals surface area contributed by atoms with E-state index in [0.717, 1.165) is 18.4 Å². The van der Waals surface area contributed by atoms with Crippen molar-refractivity contribution in [3.8, 4) is 18.2 Å². The van der Waals surface area contributed by atoms with Crippen LogP contribution in [0.4, 0.5) is 5.69 Å². The number of nitrogens with one attached hydrogen (secondary N) is 2. The first-order valence-electron chi connectivity index (χ1n) is 16.2. The molecule has 45 heavy (non-hydrogen) atoms. The van der Waals surface area contributed by atoms with Gasteiger partial charge in [0.1, 0.15) is 29.4 Å². The van der Waals surface area contributed by atoms with Crippen molar-refractivity contribution in [2.75, 3.05) is 11.9 Å². The molecular weight excluding hydrogens is 564 g/mol. The second kappa shape index (κ2) is 19.8. The number of primary amides is 1. The zero-order chi connectivity index (χ0) is 33.1. The Balaban J connectivity index is 1.86. The summed E-state index contributed by atoms with van der Waals surface area (Å²) in [6.07, 6.45) is 18.5. The number of hydrogen-bond donors (Lipinski definition) is 3. The maximum Gasteiger partial charge on any atom is 0.242 e. The molecule has 0 aromatic heterocycles. The second-order valence-corrected chi connectivity index (χ2v) is 12.0. The number of anilines is 1. The third-order valence-electron chi connectivity index (χ3n) is 7.83. The molecule has 1 aliphatic heterocycles. The molecule has 9 heteroatoms.